The predicted octanol–water partition coefficient (Wildman–Crippen LogP) is 1.72. The molecule has 2 rings (SSSR count). The molecular weight excluding hydrogens is 410 g/mol. The van der Waals surface area contributed by atoms with E-state index in [4.69, 9.17) is 20.9 Å². The van der Waals surface area contributed by atoms with E-state index in [1.54, 1.807) is 0 Å². The van der Waals surface area contributed by atoms with E-state index in [9.17, 15) is 9.59 Å². The molecule has 0 fully saturated rings. The number of carbonyl (C=O) groups is 2. The molecule has 0 bridgehead atoms. The number of unbranched alkanes of at least 4 members (excludes halogenated alkanes) is 2. The lowest BCUT2D eigenvalue weighted by molar-refractivity contribution is -0.145. The van der Waals surface area contributed by atoms with Crippen molar-refractivity contribution < 1.29 is 19.1 Å². The van der Waals surface area contributed by atoms with Crippen LogP contribution in [-0.2, 0) is 20.7 Å². The molecule has 0 unspecified atom stereocenters. The Kier molecular flexibility index (Phi) is 10.6. The van der Waals surface area contributed by atoms with Crippen LogP contribution >= 0.6 is 0 Å². The first-order chi connectivity index (χ1) is 15.4. The van der Waals surface area contributed by atoms with E-state index in [-0.39, 0.29) is 18.5 Å². The van der Waals surface area contributed by atoms with Crippen LogP contribution in [-0.4, -0.2) is 57.2 Å². The van der Waals surface area contributed by atoms with Gasteiger partial charge in [0.2, 0.25) is 0 Å². The Bertz CT molecular complexity index is 780. The molecular formula is C23H37N5O4. The summed E-state index contributed by atoms with van der Waals surface area (Å²) in [6, 6.07) is 5.22. The summed E-state index contributed by atoms with van der Waals surface area (Å²) in [5, 5.41) is 2.67. The summed E-state index contributed by atoms with van der Waals surface area (Å²) in [6.07, 6.45) is 6.65. The van der Waals surface area contributed by atoms with Crippen molar-refractivity contribution in [3.63, 3.8) is 0 Å². The molecule has 178 valence electrons. The molecule has 0 saturated carbocycles. The number of carbonyl (C=O) groups excluding carboxylic acids is 2. The average Bonchev–Trinajstić information content (AvgIpc) is 2.79. The highest BCUT2D eigenvalue weighted by Crippen LogP contribution is 2.30. The first-order valence-electron chi connectivity index (χ1n) is 11.4. The van der Waals surface area contributed by atoms with E-state index >= 15 is 0 Å². The minimum absolute atomic E-state index is 0.00816. The van der Waals surface area contributed by atoms with Crippen molar-refractivity contribution in [3.05, 3.63) is 23.8 Å². The number of anilines is 1. The Morgan fingerprint density at radius 2 is 2.06 bits per heavy atom. The fourth-order valence-electron chi connectivity index (χ4n) is 3.81. The Balaban J connectivity index is 1.88. The van der Waals surface area contributed by atoms with Gasteiger partial charge < -0.3 is 31.2 Å². The predicted molar refractivity (Wildman–Crippen MR) is 126 cm³/mol. The van der Waals surface area contributed by atoms with Gasteiger partial charge in [-0.1, -0.05) is 19.8 Å². The molecule has 0 radical (unpaired) electrons. The third kappa shape index (κ3) is 8.28. The van der Waals surface area contributed by atoms with Crippen molar-refractivity contribution in [1.29, 1.82) is 0 Å². The highest BCUT2D eigenvalue weighted by Gasteiger charge is 2.22. The summed E-state index contributed by atoms with van der Waals surface area (Å²) in [6.45, 7) is 4.55. The Morgan fingerprint density at radius 3 is 2.78 bits per heavy atom. The number of aliphatic imine (C=N–C) groups is 1. The fraction of sp³-hybridized carbons (Fsp3) is 0.609. The second-order valence-electron chi connectivity index (χ2n) is 7.97. The normalized spacial score (nSPS) is 13.6. The number of nitrogens with zero attached hydrogens (tertiary/aromatic N) is 2. The first kappa shape index (κ1) is 25.3. The number of nitrogens with two attached hydrogens (primary N) is 2. The second-order valence-corrected chi connectivity index (χ2v) is 7.97. The maximum atomic E-state index is 12.4. The molecule has 0 spiro atoms. The zero-order chi connectivity index (χ0) is 23.3. The van der Waals surface area contributed by atoms with Gasteiger partial charge in [0.05, 0.1) is 7.11 Å². The lowest BCUT2D eigenvalue weighted by Gasteiger charge is -2.31. The summed E-state index contributed by atoms with van der Waals surface area (Å²) in [5.41, 5.74) is 13.1. The number of guanidine groups is 1. The summed E-state index contributed by atoms with van der Waals surface area (Å²) in [5.74, 6) is -0.260. The Morgan fingerprint density at radius 1 is 1.25 bits per heavy atom. The molecule has 0 aliphatic carbocycles. The molecule has 9 nitrogen and oxygen atoms in total. The van der Waals surface area contributed by atoms with E-state index in [1.807, 2.05) is 12.1 Å². The SMILES string of the molecule is CCCCCN1CCCc2cc(OCC(=O)N[C@@H](CCCN=C(N)N)C(=O)OC)ccc21. The summed E-state index contributed by atoms with van der Waals surface area (Å²) >= 11 is 0. The molecule has 1 aliphatic heterocycles. The van der Waals surface area contributed by atoms with Crippen molar-refractivity contribution in [2.45, 2.75) is 57.9 Å². The van der Waals surface area contributed by atoms with Crippen molar-refractivity contribution in [3.8, 4) is 5.75 Å². The molecule has 1 atom stereocenters. The van der Waals surface area contributed by atoms with Crippen LogP contribution in [0.4, 0.5) is 5.69 Å². The van der Waals surface area contributed by atoms with Crippen molar-refractivity contribution in [2.75, 3.05) is 38.3 Å². The average molecular weight is 448 g/mol. The number of amides is 1. The van der Waals surface area contributed by atoms with Gasteiger partial charge in [0, 0.05) is 25.3 Å². The lowest BCUT2D eigenvalue weighted by atomic mass is 10.0. The molecule has 1 aromatic carbocycles. The number of methoxy groups -OCH3 is 1. The summed E-state index contributed by atoms with van der Waals surface area (Å²) < 4.78 is 10.5. The van der Waals surface area contributed by atoms with Crippen LogP contribution in [0.15, 0.2) is 23.2 Å². The van der Waals surface area contributed by atoms with Crippen LogP contribution in [0.3, 0.4) is 0 Å². The van der Waals surface area contributed by atoms with E-state index in [1.165, 1.54) is 37.6 Å². The fourth-order valence-corrected chi connectivity index (χ4v) is 3.81. The highest BCUT2D eigenvalue weighted by atomic mass is 16.5. The number of nitrogens with one attached hydrogen (secondary N) is 1. The number of hydrogen-bond donors (Lipinski definition) is 3. The number of esters is 1. The standard InChI is InChI=1S/C23H37N5O4/c1-3-4-5-13-28-14-7-8-17-15-18(10-11-20(17)28)32-16-21(29)27-19(22(30)31-2)9-6-12-26-23(24)25/h10-11,15,19H,3-9,12-14,16H2,1-2H3,(H,27,29)(H4,24,25,26)/t19-/m0/s1. The smallest absolute Gasteiger partial charge is 0.328 e. The quantitative estimate of drug-likeness (QED) is 0.181. The number of fused-ring (bicyclic) bond motifs is 1. The van der Waals surface area contributed by atoms with Crippen LogP contribution in [0.25, 0.3) is 0 Å². The van der Waals surface area contributed by atoms with Crippen molar-refractivity contribution in [2.24, 2.45) is 16.5 Å². The molecule has 0 aromatic heterocycles. The molecule has 9 heteroatoms. The zero-order valence-electron chi connectivity index (χ0n) is 19.3. The van der Waals surface area contributed by atoms with Gasteiger partial charge >= 0.3 is 5.97 Å². The number of aryl methyl sites for hydroxylation is 1. The largest absolute Gasteiger partial charge is 0.484 e. The van der Waals surface area contributed by atoms with Crippen LogP contribution in [0, 0.1) is 0 Å². The van der Waals surface area contributed by atoms with Gasteiger partial charge in [0.1, 0.15) is 11.8 Å². The van der Waals surface area contributed by atoms with E-state index in [0.29, 0.717) is 25.1 Å². The van der Waals surface area contributed by atoms with Crippen LogP contribution in [0.1, 0.15) is 51.0 Å². The maximum absolute atomic E-state index is 12.4. The molecule has 1 heterocycles. The van der Waals surface area contributed by atoms with Gasteiger partial charge in [-0.05, 0) is 55.9 Å². The van der Waals surface area contributed by atoms with Gasteiger partial charge in [0.15, 0.2) is 12.6 Å². The lowest BCUT2D eigenvalue weighted by Crippen LogP contribution is -2.43. The monoisotopic (exact) mass is 447 g/mol. The third-order valence-corrected chi connectivity index (χ3v) is 5.43. The van der Waals surface area contributed by atoms with Crippen LogP contribution in [0.5, 0.6) is 5.75 Å². The van der Waals surface area contributed by atoms with E-state index < -0.39 is 12.0 Å². The molecule has 1 amide bonds. The topological polar surface area (TPSA) is 132 Å². The maximum Gasteiger partial charge on any atom is 0.328 e. The van der Waals surface area contributed by atoms with E-state index in [2.05, 4.69) is 28.2 Å². The minimum Gasteiger partial charge on any atom is -0.484 e. The van der Waals surface area contributed by atoms with Gasteiger partial charge in [-0.3, -0.25) is 9.79 Å². The number of hydrogen-bond acceptors (Lipinski definition) is 6. The first-order valence-corrected chi connectivity index (χ1v) is 11.4. The molecule has 0 saturated heterocycles. The summed E-state index contributed by atoms with van der Waals surface area (Å²) in [7, 11) is 1.28. The van der Waals surface area contributed by atoms with Gasteiger partial charge in [-0.2, -0.15) is 0 Å². The number of ether oxygens (including phenoxy) is 2. The number of benzene rings is 1. The molecule has 5 N–H and O–H groups in total. The Labute approximate surface area is 190 Å². The van der Waals surface area contributed by atoms with Crippen molar-refractivity contribution in [1.82, 2.24) is 5.32 Å². The number of rotatable bonds is 13. The Hall–Kier alpha value is -2.97. The molecule has 1 aromatic rings. The minimum atomic E-state index is -0.773. The van der Waals surface area contributed by atoms with Crippen molar-refractivity contribution >= 4 is 23.5 Å². The highest BCUT2D eigenvalue weighted by molar-refractivity contribution is 5.85. The summed E-state index contributed by atoms with van der Waals surface area (Å²) in [4.78, 5) is 30.6. The van der Waals surface area contributed by atoms with Gasteiger partial charge in [0.25, 0.3) is 5.91 Å². The van der Waals surface area contributed by atoms with Crippen LogP contribution < -0.4 is 26.4 Å². The second kappa shape index (κ2) is 13.4. The van der Waals surface area contributed by atoms with Crippen LogP contribution in [0.2, 0.25) is 0 Å². The van der Waals surface area contributed by atoms with Gasteiger partial charge in [-0.15, -0.1) is 0 Å². The zero-order valence-corrected chi connectivity index (χ0v) is 19.3. The molecule has 1 aliphatic rings. The van der Waals surface area contributed by atoms with E-state index in [0.717, 1.165) is 25.9 Å². The molecule has 32 heavy (non-hydrogen) atoms. The third-order valence-electron chi connectivity index (χ3n) is 5.43. The van der Waals surface area contributed by atoms with Gasteiger partial charge in [-0.25, -0.2) is 4.79 Å².